The molecule has 0 aliphatic heterocycles. The van der Waals surface area contributed by atoms with Crippen molar-refractivity contribution in [2.75, 3.05) is 6.54 Å². The van der Waals surface area contributed by atoms with Gasteiger partial charge in [-0.15, -0.1) is 0 Å². The fourth-order valence-corrected chi connectivity index (χ4v) is 2.22. The number of hydrogen-bond acceptors (Lipinski definition) is 2. The van der Waals surface area contributed by atoms with Crippen LogP contribution >= 0.6 is 0 Å². The van der Waals surface area contributed by atoms with E-state index in [4.69, 9.17) is 5.11 Å². The summed E-state index contributed by atoms with van der Waals surface area (Å²) in [5, 5.41) is 14.0. The maximum Gasteiger partial charge on any atom is 0.315 e. The van der Waals surface area contributed by atoms with Gasteiger partial charge in [0.2, 0.25) is 0 Å². The highest BCUT2D eigenvalue weighted by Gasteiger charge is 2.44. The smallest absolute Gasteiger partial charge is 0.315 e. The molecular weight excluding hydrogens is 282 g/mol. The SMILES string of the molecule is O=C(NCc1ccc(F)cc1F)NCC1(C(=O)O)CCC1. The molecule has 0 unspecified atom stereocenters. The Hall–Kier alpha value is -2.18. The second kappa shape index (κ2) is 6.07. The Morgan fingerprint density at radius 1 is 1.24 bits per heavy atom. The summed E-state index contributed by atoms with van der Waals surface area (Å²) in [7, 11) is 0. The second-order valence-corrected chi connectivity index (χ2v) is 5.21. The zero-order chi connectivity index (χ0) is 15.5. The molecule has 1 aromatic rings. The van der Waals surface area contributed by atoms with Crippen LogP contribution in [0.15, 0.2) is 18.2 Å². The summed E-state index contributed by atoms with van der Waals surface area (Å²) >= 11 is 0. The van der Waals surface area contributed by atoms with Gasteiger partial charge < -0.3 is 15.7 Å². The van der Waals surface area contributed by atoms with Gasteiger partial charge >= 0.3 is 12.0 Å². The Balaban J connectivity index is 1.81. The minimum atomic E-state index is -0.918. The standard InChI is InChI=1S/C14H16F2N2O3/c15-10-3-2-9(11(16)6-10)7-17-13(21)18-8-14(12(19)20)4-1-5-14/h2-3,6H,1,4-5,7-8H2,(H,19,20)(H2,17,18,21). The van der Waals surface area contributed by atoms with E-state index >= 15 is 0 Å². The van der Waals surface area contributed by atoms with E-state index in [1.165, 1.54) is 6.07 Å². The molecule has 0 spiro atoms. The number of benzene rings is 1. The molecule has 7 heteroatoms. The average Bonchev–Trinajstić information content (AvgIpc) is 2.36. The van der Waals surface area contributed by atoms with Gasteiger partial charge in [0.1, 0.15) is 11.6 Å². The van der Waals surface area contributed by atoms with Crippen molar-refractivity contribution in [1.29, 1.82) is 0 Å². The third-order valence-electron chi connectivity index (χ3n) is 3.81. The first kappa shape index (κ1) is 15.2. The number of nitrogens with one attached hydrogen (secondary N) is 2. The molecule has 0 aromatic heterocycles. The van der Waals surface area contributed by atoms with E-state index in [1.807, 2.05) is 0 Å². The fourth-order valence-electron chi connectivity index (χ4n) is 2.22. The van der Waals surface area contributed by atoms with Crippen molar-refractivity contribution in [1.82, 2.24) is 10.6 Å². The van der Waals surface area contributed by atoms with Crippen LogP contribution in [-0.2, 0) is 11.3 Å². The number of urea groups is 1. The minimum Gasteiger partial charge on any atom is -0.481 e. The zero-order valence-electron chi connectivity index (χ0n) is 11.3. The summed E-state index contributed by atoms with van der Waals surface area (Å²) in [4.78, 5) is 22.7. The van der Waals surface area contributed by atoms with Crippen molar-refractivity contribution in [3.05, 3.63) is 35.4 Å². The van der Waals surface area contributed by atoms with Crippen molar-refractivity contribution in [2.24, 2.45) is 5.41 Å². The summed E-state index contributed by atoms with van der Waals surface area (Å²) in [5.41, 5.74) is -0.721. The fraction of sp³-hybridized carbons (Fsp3) is 0.429. The molecule has 5 nitrogen and oxygen atoms in total. The first-order valence-electron chi connectivity index (χ1n) is 6.62. The molecule has 1 aliphatic carbocycles. The molecule has 2 amide bonds. The molecule has 0 saturated heterocycles. The van der Waals surface area contributed by atoms with Gasteiger partial charge in [0, 0.05) is 24.7 Å². The number of hydrogen-bond donors (Lipinski definition) is 3. The average molecular weight is 298 g/mol. The van der Waals surface area contributed by atoms with Crippen molar-refractivity contribution in [3.8, 4) is 0 Å². The normalized spacial score (nSPS) is 15.9. The van der Waals surface area contributed by atoms with Gasteiger partial charge in [-0.2, -0.15) is 0 Å². The summed E-state index contributed by atoms with van der Waals surface area (Å²) in [6, 6.07) is 2.51. The molecule has 1 aliphatic rings. The van der Waals surface area contributed by atoms with Crippen LogP contribution in [0.5, 0.6) is 0 Å². The summed E-state index contributed by atoms with van der Waals surface area (Å²) < 4.78 is 26.1. The monoisotopic (exact) mass is 298 g/mol. The Bertz CT molecular complexity index is 559. The van der Waals surface area contributed by atoms with Crippen LogP contribution in [0.3, 0.4) is 0 Å². The Kier molecular flexibility index (Phi) is 4.40. The van der Waals surface area contributed by atoms with Crippen molar-refractivity contribution in [2.45, 2.75) is 25.8 Å². The number of carbonyl (C=O) groups is 2. The predicted molar refractivity (Wildman–Crippen MR) is 70.5 cm³/mol. The van der Waals surface area contributed by atoms with E-state index in [-0.39, 0.29) is 18.7 Å². The van der Waals surface area contributed by atoms with Crippen LogP contribution in [0.25, 0.3) is 0 Å². The Morgan fingerprint density at radius 2 is 1.95 bits per heavy atom. The molecule has 114 valence electrons. The lowest BCUT2D eigenvalue weighted by molar-refractivity contribution is -0.153. The topological polar surface area (TPSA) is 78.4 Å². The summed E-state index contributed by atoms with van der Waals surface area (Å²) in [6.07, 6.45) is 1.90. The molecule has 0 atom stereocenters. The Morgan fingerprint density at radius 3 is 2.48 bits per heavy atom. The molecule has 1 saturated carbocycles. The molecule has 3 N–H and O–H groups in total. The van der Waals surface area contributed by atoms with E-state index in [1.54, 1.807) is 0 Å². The van der Waals surface area contributed by atoms with Gasteiger partial charge in [0.25, 0.3) is 0 Å². The van der Waals surface area contributed by atoms with Crippen molar-refractivity contribution < 1.29 is 23.5 Å². The van der Waals surface area contributed by atoms with Gasteiger partial charge in [-0.3, -0.25) is 4.79 Å². The lowest BCUT2D eigenvalue weighted by Gasteiger charge is -2.37. The molecule has 0 bridgehead atoms. The van der Waals surface area contributed by atoms with Crippen LogP contribution in [0.4, 0.5) is 13.6 Å². The van der Waals surface area contributed by atoms with Crippen molar-refractivity contribution >= 4 is 12.0 Å². The number of amides is 2. The number of aliphatic carboxylic acids is 1. The summed E-state index contributed by atoms with van der Waals surface area (Å²) in [6.45, 7) is -0.0575. The third kappa shape index (κ3) is 3.48. The van der Waals surface area contributed by atoms with E-state index in [2.05, 4.69) is 10.6 Å². The molecule has 21 heavy (non-hydrogen) atoms. The van der Waals surface area contributed by atoms with Gasteiger partial charge in [0.05, 0.1) is 5.41 Å². The lowest BCUT2D eigenvalue weighted by atomic mass is 9.69. The minimum absolute atomic E-state index is 0.0417. The number of carboxylic acid groups (broad SMARTS) is 1. The molecule has 1 aromatic carbocycles. The molecule has 2 rings (SSSR count). The van der Waals surface area contributed by atoms with Crippen LogP contribution in [0, 0.1) is 17.0 Å². The molecule has 0 radical (unpaired) electrons. The number of halogens is 2. The molecule has 1 fully saturated rings. The first-order valence-corrected chi connectivity index (χ1v) is 6.62. The maximum absolute atomic E-state index is 13.4. The van der Waals surface area contributed by atoms with E-state index in [0.717, 1.165) is 18.6 Å². The first-order chi connectivity index (χ1) is 9.93. The Labute approximate surface area is 120 Å². The van der Waals surface area contributed by atoms with E-state index < -0.39 is 29.0 Å². The van der Waals surface area contributed by atoms with Gasteiger partial charge in [-0.1, -0.05) is 12.5 Å². The zero-order valence-corrected chi connectivity index (χ0v) is 11.3. The molecule has 0 heterocycles. The highest BCUT2D eigenvalue weighted by molar-refractivity contribution is 5.78. The number of carbonyl (C=O) groups excluding carboxylic acids is 1. The van der Waals surface area contributed by atoms with Crippen molar-refractivity contribution in [3.63, 3.8) is 0 Å². The lowest BCUT2D eigenvalue weighted by Crippen LogP contribution is -2.49. The van der Waals surface area contributed by atoms with E-state index in [0.29, 0.717) is 12.8 Å². The van der Waals surface area contributed by atoms with Crippen LogP contribution in [0.2, 0.25) is 0 Å². The number of carboxylic acids is 1. The second-order valence-electron chi connectivity index (χ2n) is 5.21. The van der Waals surface area contributed by atoms with Gasteiger partial charge in [-0.05, 0) is 18.9 Å². The van der Waals surface area contributed by atoms with Gasteiger partial charge in [0.15, 0.2) is 0 Å². The highest BCUT2D eigenvalue weighted by Crippen LogP contribution is 2.40. The largest absolute Gasteiger partial charge is 0.481 e. The third-order valence-corrected chi connectivity index (χ3v) is 3.81. The molecular formula is C14H16F2N2O3. The highest BCUT2D eigenvalue weighted by atomic mass is 19.1. The van der Waals surface area contributed by atoms with Crippen LogP contribution in [0.1, 0.15) is 24.8 Å². The van der Waals surface area contributed by atoms with E-state index in [9.17, 15) is 18.4 Å². The quantitative estimate of drug-likeness (QED) is 0.778. The van der Waals surface area contributed by atoms with Crippen LogP contribution in [-0.4, -0.2) is 23.7 Å². The maximum atomic E-state index is 13.4. The number of rotatable bonds is 5. The van der Waals surface area contributed by atoms with Gasteiger partial charge in [-0.25, -0.2) is 13.6 Å². The van der Waals surface area contributed by atoms with Crippen LogP contribution < -0.4 is 10.6 Å². The summed E-state index contributed by atoms with van der Waals surface area (Å²) in [5.74, 6) is -2.34. The predicted octanol–water partition coefficient (Wildman–Crippen LogP) is 2.02.